The molecular weight excluding hydrogens is 425 g/mol. The van der Waals surface area contributed by atoms with Crippen LogP contribution in [0.25, 0.3) is 10.9 Å². The second kappa shape index (κ2) is 8.02. The van der Waals surface area contributed by atoms with Gasteiger partial charge in [-0.05, 0) is 18.9 Å². The van der Waals surface area contributed by atoms with Crippen molar-refractivity contribution in [2.45, 2.75) is 18.9 Å². The summed E-state index contributed by atoms with van der Waals surface area (Å²) in [5, 5.41) is 25.4. The number of rotatable bonds is 6. The van der Waals surface area contributed by atoms with Crippen molar-refractivity contribution in [2.75, 3.05) is 32.2 Å². The number of carboxylic acid groups (broad SMARTS) is 1. The summed E-state index contributed by atoms with van der Waals surface area (Å²) in [5.41, 5.74) is 5.37. The van der Waals surface area contributed by atoms with Gasteiger partial charge in [-0.2, -0.15) is 0 Å². The van der Waals surface area contributed by atoms with Gasteiger partial charge in [0, 0.05) is 18.8 Å². The maximum Gasteiger partial charge on any atom is 0.341 e. The number of fused-ring (bicyclic) bond motifs is 1. The van der Waals surface area contributed by atoms with Gasteiger partial charge in [-0.15, -0.1) is 0 Å². The van der Waals surface area contributed by atoms with Crippen molar-refractivity contribution in [3.05, 3.63) is 33.9 Å². The number of ether oxygens (including phenoxy) is 1. The van der Waals surface area contributed by atoms with Crippen LogP contribution >= 0.6 is 0 Å². The Morgan fingerprint density at radius 2 is 2.06 bits per heavy atom. The predicted molar refractivity (Wildman–Crippen MR) is 114 cm³/mol. The lowest BCUT2D eigenvalue weighted by atomic mass is 10.1. The van der Waals surface area contributed by atoms with Crippen LogP contribution < -0.4 is 20.8 Å². The minimum absolute atomic E-state index is 0.0162. The van der Waals surface area contributed by atoms with Gasteiger partial charge in [-0.1, -0.05) is 10.3 Å². The number of aromatic nitrogens is 1. The molecule has 1 atom stereocenters. The van der Waals surface area contributed by atoms with E-state index in [0.29, 0.717) is 11.2 Å². The molecule has 1 unspecified atom stereocenters. The summed E-state index contributed by atoms with van der Waals surface area (Å²) in [4.78, 5) is 30.8. The van der Waals surface area contributed by atoms with Crippen molar-refractivity contribution >= 4 is 34.1 Å². The number of nitrogens with zero attached hydrogens (tertiary/aromatic N) is 4. The first-order valence-electron chi connectivity index (χ1n) is 9.83. The zero-order valence-electron chi connectivity index (χ0n) is 17.4. The third-order valence-corrected chi connectivity index (χ3v) is 5.73. The molecule has 11 nitrogen and oxygen atoms in total. The van der Waals surface area contributed by atoms with Crippen molar-refractivity contribution in [1.29, 1.82) is 0 Å². The lowest BCUT2D eigenvalue weighted by molar-refractivity contribution is 0.0694. The molecule has 1 aromatic heterocycles. The number of hydrogen-bond acceptors (Lipinski definition) is 8. The number of hydrogen-bond donors (Lipinski definition) is 3. The van der Waals surface area contributed by atoms with Crippen molar-refractivity contribution < 1.29 is 29.1 Å². The van der Waals surface area contributed by atoms with E-state index >= 15 is 4.39 Å². The Balaban J connectivity index is 1.96. The summed E-state index contributed by atoms with van der Waals surface area (Å²) in [7, 11) is 2.70. The molecule has 0 amide bonds. The molecule has 2 heterocycles. The number of oxime groups is 2. The van der Waals surface area contributed by atoms with Crippen molar-refractivity contribution in [2.24, 2.45) is 22.0 Å². The van der Waals surface area contributed by atoms with Gasteiger partial charge in [0.2, 0.25) is 5.43 Å². The highest BCUT2D eigenvalue weighted by Gasteiger charge is 2.37. The minimum Gasteiger partial charge on any atom is -0.492 e. The number of pyridine rings is 1. The van der Waals surface area contributed by atoms with Gasteiger partial charge in [0.15, 0.2) is 11.6 Å². The van der Waals surface area contributed by atoms with Gasteiger partial charge in [0.1, 0.15) is 24.2 Å². The molecule has 1 saturated carbocycles. The Bertz CT molecular complexity index is 1220. The fourth-order valence-corrected chi connectivity index (χ4v) is 4.13. The number of nitrogens with two attached hydrogens (primary N) is 1. The normalized spacial score (nSPS) is 20.2. The molecule has 1 aliphatic heterocycles. The molecule has 1 saturated heterocycles. The maximum atomic E-state index is 15.4. The van der Waals surface area contributed by atoms with Crippen molar-refractivity contribution in [3.63, 3.8) is 0 Å². The number of carboxylic acids is 1. The molecular formula is C20H22FN5O6. The summed E-state index contributed by atoms with van der Waals surface area (Å²) < 4.78 is 22.6. The van der Waals surface area contributed by atoms with Crippen LogP contribution in [-0.2, 0) is 4.84 Å². The molecule has 0 radical (unpaired) electrons. The van der Waals surface area contributed by atoms with E-state index in [0.717, 1.165) is 18.9 Å². The zero-order chi connectivity index (χ0) is 23.2. The molecule has 2 fully saturated rings. The van der Waals surface area contributed by atoms with Crippen molar-refractivity contribution in [1.82, 2.24) is 4.57 Å². The first kappa shape index (κ1) is 21.4. The van der Waals surface area contributed by atoms with E-state index in [1.54, 1.807) is 9.47 Å². The van der Waals surface area contributed by atoms with Crippen molar-refractivity contribution in [3.8, 4) is 5.75 Å². The Morgan fingerprint density at radius 3 is 2.62 bits per heavy atom. The first-order valence-corrected chi connectivity index (χ1v) is 9.83. The third-order valence-electron chi connectivity index (χ3n) is 5.73. The summed E-state index contributed by atoms with van der Waals surface area (Å²) in [6.45, 7) is 0.228. The van der Waals surface area contributed by atoms with E-state index in [-0.39, 0.29) is 41.8 Å². The van der Waals surface area contributed by atoms with Crippen LogP contribution in [0.3, 0.4) is 0 Å². The Morgan fingerprint density at radius 1 is 1.34 bits per heavy atom. The fraction of sp³-hybridized carbons (Fsp3) is 0.400. The van der Waals surface area contributed by atoms with Crippen LogP contribution in [0, 0.1) is 11.7 Å². The number of amidine groups is 1. The molecule has 1 aliphatic carbocycles. The lowest BCUT2D eigenvalue weighted by Gasteiger charge is -2.24. The number of benzene rings is 1. The van der Waals surface area contributed by atoms with Gasteiger partial charge in [-0.3, -0.25) is 4.79 Å². The quantitative estimate of drug-likeness (QED) is 0.260. The second-order valence-corrected chi connectivity index (χ2v) is 7.68. The van der Waals surface area contributed by atoms with Crippen LogP contribution in [0.5, 0.6) is 5.75 Å². The van der Waals surface area contributed by atoms with Crippen LogP contribution in [0.4, 0.5) is 10.1 Å². The van der Waals surface area contributed by atoms with E-state index in [4.69, 9.17) is 20.5 Å². The van der Waals surface area contributed by atoms with E-state index in [1.807, 2.05) is 0 Å². The summed E-state index contributed by atoms with van der Waals surface area (Å²) in [6.07, 6.45) is 2.88. The SMILES string of the molecule is CO/N=C1\CN(c2c(F)cc3c(=O)c(C(=O)O)cn(C4CC4)c3c2OC)CC1/C(N)=N\O. The first-order chi connectivity index (χ1) is 15.3. The second-order valence-electron chi connectivity index (χ2n) is 7.68. The molecule has 170 valence electrons. The Labute approximate surface area is 181 Å². The lowest BCUT2D eigenvalue weighted by Crippen LogP contribution is -2.30. The molecule has 32 heavy (non-hydrogen) atoms. The van der Waals surface area contributed by atoms with E-state index in [9.17, 15) is 14.7 Å². The summed E-state index contributed by atoms with van der Waals surface area (Å²) in [6, 6.07) is 1.02. The number of carbonyl (C=O) groups is 1. The highest BCUT2D eigenvalue weighted by molar-refractivity contribution is 6.10. The smallest absolute Gasteiger partial charge is 0.341 e. The highest BCUT2D eigenvalue weighted by Crippen LogP contribution is 2.44. The zero-order valence-corrected chi connectivity index (χ0v) is 17.4. The molecule has 2 aliphatic rings. The summed E-state index contributed by atoms with van der Waals surface area (Å²) in [5.74, 6) is -2.79. The number of methoxy groups -OCH3 is 1. The van der Waals surface area contributed by atoms with E-state index in [2.05, 4.69) is 10.3 Å². The molecule has 4 N–H and O–H groups in total. The molecule has 12 heteroatoms. The number of halogens is 1. The van der Waals surface area contributed by atoms with Gasteiger partial charge >= 0.3 is 5.97 Å². The molecule has 1 aromatic carbocycles. The van der Waals surface area contributed by atoms with E-state index < -0.39 is 28.7 Å². The van der Waals surface area contributed by atoms with Crippen LogP contribution in [0.15, 0.2) is 27.4 Å². The third kappa shape index (κ3) is 3.37. The summed E-state index contributed by atoms with van der Waals surface area (Å²) >= 11 is 0. The average molecular weight is 447 g/mol. The molecule has 0 spiro atoms. The van der Waals surface area contributed by atoms with Crippen LogP contribution in [0.2, 0.25) is 0 Å². The monoisotopic (exact) mass is 447 g/mol. The molecule has 4 rings (SSSR count). The average Bonchev–Trinajstić information content (AvgIpc) is 3.53. The van der Waals surface area contributed by atoms with Crippen LogP contribution in [0.1, 0.15) is 29.2 Å². The molecule has 0 bridgehead atoms. The predicted octanol–water partition coefficient (Wildman–Crippen LogP) is 1.37. The largest absolute Gasteiger partial charge is 0.492 e. The Hall–Kier alpha value is -3.83. The van der Waals surface area contributed by atoms with Crippen LogP contribution in [-0.4, -0.2) is 59.7 Å². The van der Waals surface area contributed by atoms with E-state index in [1.165, 1.54) is 20.4 Å². The van der Waals surface area contributed by atoms with Gasteiger partial charge < -0.3 is 35.1 Å². The maximum absolute atomic E-state index is 15.4. The molecule has 2 aromatic rings. The highest BCUT2D eigenvalue weighted by atomic mass is 19.1. The standard InChI is InChI=1S/C20H22FN5O6/c1-31-18-15-10(17(27)12(20(28)29)7-26(15)9-3-4-9)5-13(21)16(18)25-6-11(19(22)23-30)14(8-25)24-32-2/h5,7,9,11,30H,3-4,6,8H2,1-2H3,(H2,22,23)(H,28,29)/b24-14+. The van der Waals surface area contributed by atoms with Gasteiger partial charge in [-0.25, -0.2) is 9.18 Å². The topological polar surface area (TPSA) is 152 Å². The minimum atomic E-state index is -1.38. The number of anilines is 1. The van der Waals surface area contributed by atoms with Gasteiger partial charge in [0.25, 0.3) is 0 Å². The Kier molecular flexibility index (Phi) is 5.36. The number of aromatic carboxylic acids is 1. The van der Waals surface area contributed by atoms with Gasteiger partial charge in [0.05, 0.1) is 36.2 Å². The fourth-order valence-electron chi connectivity index (χ4n) is 4.13.